The summed E-state index contributed by atoms with van der Waals surface area (Å²) in [6.45, 7) is 0. The van der Waals surface area contributed by atoms with Crippen molar-refractivity contribution in [2.24, 2.45) is 0 Å². The van der Waals surface area contributed by atoms with Gasteiger partial charge in [-0.15, -0.1) is 0 Å². The molecule has 3 heteroatoms. The zero-order valence-corrected chi connectivity index (χ0v) is 12.7. The lowest BCUT2D eigenvalue weighted by atomic mass is 9.79. The Kier molecular flexibility index (Phi) is 4.33. The van der Waals surface area contributed by atoms with Crippen LogP contribution in [0.2, 0.25) is 0 Å². The zero-order chi connectivity index (χ0) is 15.4. The van der Waals surface area contributed by atoms with E-state index in [9.17, 15) is 4.79 Å². The molecule has 1 aliphatic carbocycles. The van der Waals surface area contributed by atoms with E-state index >= 15 is 0 Å². The van der Waals surface area contributed by atoms with E-state index in [4.69, 9.17) is 4.74 Å². The van der Waals surface area contributed by atoms with Crippen LogP contribution in [0.5, 0.6) is 5.75 Å². The van der Waals surface area contributed by atoms with Crippen LogP contribution in [-0.2, 0) is 4.79 Å². The zero-order valence-electron chi connectivity index (χ0n) is 12.7. The van der Waals surface area contributed by atoms with E-state index in [2.05, 4.69) is 11.1 Å². The van der Waals surface area contributed by atoms with Crippen LogP contribution in [0.4, 0.5) is 0 Å². The number of ether oxygens (including phenoxy) is 1. The predicted octanol–water partition coefficient (Wildman–Crippen LogP) is 4.01. The van der Waals surface area contributed by atoms with Crippen LogP contribution in [0.1, 0.15) is 36.3 Å². The van der Waals surface area contributed by atoms with Gasteiger partial charge < -0.3 is 4.74 Å². The van der Waals surface area contributed by atoms with E-state index in [1.807, 2.05) is 42.6 Å². The highest BCUT2D eigenvalue weighted by Gasteiger charge is 2.26. The molecule has 0 radical (unpaired) electrons. The number of pyridine rings is 1. The molecule has 1 fully saturated rings. The van der Waals surface area contributed by atoms with Gasteiger partial charge in [-0.3, -0.25) is 9.78 Å². The summed E-state index contributed by atoms with van der Waals surface area (Å²) < 4.78 is 5.26. The van der Waals surface area contributed by atoms with Gasteiger partial charge in [-0.2, -0.15) is 0 Å². The lowest BCUT2D eigenvalue weighted by molar-refractivity contribution is -0.116. The molecule has 1 aromatic heterocycles. The van der Waals surface area contributed by atoms with Gasteiger partial charge in [-0.05, 0) is 48.2 Å². The first-order chi connectivity index (χ1) is 10.8. The largest absolute Gasteiger partial charge is 0.497 e. The van der Waals surface area contributed by atoms with Crippen molar-refractivity contribution in [3.05, 3.63) is 65.5 Å². The van der Waals surface area contributed by atoms with E-state index in [0.29, 0.717) is 6.42 Å². The molecule has 1 aliphatic rings. The maximum Gasteiger partial charge on any atom is 0.159 e. The Morgan fingerprint density at radius 2 is 2.18 bits per heavy atom. The lowest BCUT2D eigenvalue weighted by Gasteiger charge is -2.24. The summed E-state index contributed by atoms with van der Waals surface area (Å²) in [6.07, 6.45) is 8.19. The van der Waals surface area contributed by atoms with Crippen molar-refractivity contribution < 1.29 is 9.53 Å². The van der Waals surface area contributed by atoms with Crippen LogP contribution in [0, 0.1) is 0 Å². The van der Waals surface area contributed by atoms with Gasteiger partial charge >= 0.3 is 0 Å². The molecule has 3 rings (SSSR count). The minimum absolute atomic E-state index is 0.140. The molecule has 0 bridgehead atoms. The Balaban J connectivity index is 1.99. The number of carbonyl (C=O) groups is 1. The molecule has 0 spiro atoms. The molecule has 112 valence electrons. The number of carbonyl (C=O) groups excluding carboxylic acids is 1. The Labute approximate surface area is 130 Å². The third kappa shape index (κ3) is 3.08. The van der Waals surface area contributed by atoms with Crippen molar-refractivity contribution in [1.29, 1.82) is 0 Å². The third-order valence-electron chi connectivity index (χ3n) is 4.10. The Bertz CT molecular complexity index is 692. The van der Waals surface area contributed by atoms with Crippen LogP contribution < -0.4 is 4.74 Å². The minimum atomic E-state index is 0.140. The monoisotopic (exact) mass is 293 g/mol. The lowest BCUT2D eigenvalue weighted by Crippen LogP contribution is -2.17. The Hall–Kier alpha value is -2.42. The van der Waals surface area contributed by atoms with Crippen LogP contribution in [0.15, 0.2) is 54.4 Å². The molecule has 1 atom stereocenters. The standard InChI is InChI=1S/C19H19NO2/c1-22-16-7-2-5-14(11-16)12-18-17(8-3-9-19(18)21)15-6-4-10-20-13-15/h2,4-7,10-13,17H,3,8-9H2,1H3. The highest BCUT2D eigenvalue weighted by atomic mass is 16.5. The van der Waals surface area contributed by atoms with Gasteiger partial charge in [-0.1, -0.05) is 18.2 Å². The summed E-state index contributed by atoms with van der Waals surface area (Å²) in [5, 5.41) is 0. The van der Waals surface area contributed by atoms with Crippen molar-refractivity contribution in [1.82, 2.24) is 4.98 Å². The van der Waals surface area contributed by atoms with E-state index < -0.39 is 0 Å². The van der Waals surface area contributed by atoms with Crippen molar-refractivity contribution in [2.75, 3.05) is 7.11 Å². The average Bonchev–Trinajstić information content (AvgIpc) is 2.58. The van der Waals surface area contributed by atoms with Crippen molar-refractivity contribution >= 4 is 11.9 Å². The van der Waals surface area contributed by atoms with Crippen LogP contribution >= 0.6 is 0 Å². The number of aromatic nitrogens is 1. The molecule has 1 heterocycles. The van der Waals surface area contributed by atoms with E-state index in [0.717, 1.165) is 35.3 Å². The van der Waals surface area contributed by atoms with E-state index in [1.54, 1.807) is 13.3 Å². The molecule has 2 aromatic rings. The number of ketones is 1. The normalized spacial score (nSPS) is 20.1. The summed E-state index contributed by atoms with van der Waals surface area (Å²) in [7, 11) is 1.65. The molecule has 3 nitrogen and oxygen atoms in total. The van der Waals surface area contributed by atoms with Crippen molar-refractivity contribution in [3.63, 3.8) is 0 Å². The van der Waals surface area contributed by atoms with Gasteiger partial charge in [0.15, 0.2) is 5.78 Å². The second-order valence-electron chi connectivity index (χ2n) is 5.53. The number of nitrogens with zero attached hydrogens (tertiary/aromatic N) is 1. The average molecular weight is 293 g/mol. The molecule has 0 amide bonds. The highest BCUT2D eigenvalue weighted by Crippen LogP contribution is 2.36. The predicted molar refractivity (Wildman–Crippen MR) is 86.8 cm³/mol. The molecule has 1 unspecified atom stereocenters. The van der Waals surface area contributed by atoms with E-state index in [-0.39, 0.29) is 11.7 Å². The molecule has 22 heavy (non-hydrogen) atoms. The van der Waals surface area contributed by atoms with E-state index in [1.165, 1.54) is 0 Å². The summed E-state index contributed by atoms with van der Waals surface area (Å²) >= 11 is 0. The number of allylic oxidation sites excluding steroid dienone is 1. The van der Waals surface area contributed by atoms with Crippen LogP contribution in [0.25, 0.3) is 6.08 Å². The second kappa shape index (κ2) is 6.56. The minimum Gasteiger partial charge on any atom is -0.497 e. The molecule has 0 aliphatic heterocycles. The topological polar surface area (TPSA) is 39.2 Å². The number of Topliss-reactive ketones (excluding diaryl/α,β-unsaturated/α-hetero) is 1. The summed E-state index contributed by atoms with van der Waals surface area (Å²) in [5.41, 5.74) is 3.00. The molecule has 1 aromatic carbocycles. The Morgan fingerprint density at radius 1 is 1.27 bits per heavy atom. The van der Waals surface area contributed by atoms with Gasteiger partial charge in [0, 0.05) is 30.3 Å². The first-order valence-corrected chi connectivity index (χ1v) is 7.56. The SMILES string of the molecule is COc1cccc(C=C2C(=O)CCCC2c2cccnc2)c1. The van der Waals surface area contributed by atoms with Gasteiger partial charge in [0.1, 0.15) is 5.75 Å². The number of benzene rings is 1. The number of methoxy groups -OCH3 is 1. The fourth-order valence-electron chi connectivity index (χ4n) is 2.98. The molecule has 0 N–H and O–H groups in total. The number of hydrogen-bond donors (Lipinski definition) is 0. The van der Waals surface area contributed by atoms with Crippen LogP contribution in [-0.4, -0.2) is 17.9 Å². The third-order valence-corrected chi connectivity index (χ3v) is 4.10. The quantitative estimate of drug-likeness (QED) is 0.803. The highest BCUT2D eigenvalue weighted by molar-refractivity contribution is 6.01. The van der Waals surface area contributed by atoms with Crippen molar-refractivity contribution in [2.45, 2.75) is 25.2 Å². The van der Waals surface area contributed by atoms with Gasteiger partial charge in [-0.25, -0.2) is 0 Å². The molecular weight excluding hydrogens is 274 g/mol. The number of hydrogen-bond acceptors (Lipinski definition) is 3. The second-order valence-corrected chi connectivity index (χ2v) is 5.53. The first-order valence-electron chi connectivity index (χ1n) is 7.56. The Morgan fingerprint density at radius 3 is 2.95 bits per heavy atom. The molecule has 1 saturated carbocycles. The molecule has 0 saturated heterocycles. The van der Waals surface area contributed by atoms with Crippen molar-refractivity contribution in [3.8, 4) is 5.75 Å². The summed E-state index contributed by atoms with van der Waals surface area (Å²) in [6, 6.07) is 11.8. The first kappa shape index (κ1) is 14.5. The van der Waals surface area contributed by atoms with Gasteiger partial charge in [0.25, 0.3) is 0 Å². The maximum absolute atomic E-state index is 12.4. The fraction of sp³-hybridized carbons (Fsp3) is 0.263. The number of rotatable bonds is 3. The van der Waals surface area contributed by atoms with Crippen LogP contribution in [0.3, 0.4) is 0 Å². The van der Waals surface area contributed by atoms with Gasteiger partial charge in [0.05, 0.1) is 7.11 Å². The summed E-state index contributed by atoms with van der Waals surface area (Å²) in [4.78, 5) is 16.6. The van der Waals surface area contributed by atoms with Gasteiger partial charge in [0.2, 0.25) is 0 Å². The maximum atomic E-state index is 12.4. The fourth-order valence-corrected chi connectivity index (χ4v) is 2.98. The smallest absolute Gasteiger partial charge is 0.159 e. The molecular formula is C19H19NO2. The summed E-state index contributed by atoms with van der Waals surface area (Å²) in [5.74, 6) is 1.18.